The summed E-state index contributed by atoms with van der Waals surface area (Å²) in [6, 6.07) is 18.9. The van der Waals surface area contributed by atoms with Gasteiger partial charge in [-0.3, -0.25) is 0 Å². The molecule has 0 heterocycles. The first kappa shape index (κ1) is 34.5. The molecule has 0 bridgehead atoms. The van der Waals surface area contributed by atoms with Crippen LogP contribution < -0.4 is 0 Å². The van der Waals surface area contributed by atoms with Crippen LogP contribution >= 0.6 is 0 Å². The van der Waals surface area contributed by atoms with Crippen LogP contribution in [0, 0.1) is 37.0 Å². The SMILES string of the molecule is C=C(C)Cc1c(C)cc2c(c1-c1ccc(C)cc1)CC(c1ccc3c(c1)C(C1CCC(C(=C)C4CCC4)CC1)=CC3C)=C2.CC(C)(C)C. The molecule has 3 aromatic carbocycles. The van der Waals surface area contributed by atoms with Crippen molar-refractivity contribution in [3.63, 3.8) is 0 Å². The highest BCUT2D eigenvalue weighted by Gasteiger charge is 2.33. The van der Waals surface area contributed by atoms with E-state index in [1.807, 2.05) is 0 Å². The van der Waals surface area contributed by atoms with Crippen molar-refractivity contribution in [2.75, 3.05) is 0 Å². The van der Waals surface area contributed by atoms with Gasteiger partial charge in [0.25, 0.3) is 0 Å². The van der Waals surface area contributed by atoms with Crippen LogP contribution in [0.4, 0.5) is 0 Å². The Labute approximate surface area is 293 Å². The highest BCUT2D eigenvalue weighted by atomic mass is 14.4. The second kappa shape index (κ2) is 13.9. The Kier molecular flexibility index (Phi) is 9.95. The van der Waals surface area contributed by atoms with E-state index in [4.69, 9.17) is 0 Å². The molecule has 48 heavy (non-hydrogen) atoms. The number of aryl methyl sites for hydroxylation is 2. The van der Waals surface area contributed by atoms with Crippen LogP contribution in [0.25, 0.3) is 28.3 Å². The first-order chi connectivity index (χ1) is 22.8. The molecule has 2 fully saturated rings. The molecule has 0 amide bonds. The summed E-state index contributed by atoms with van der Waals surface area (Å²) >= 11 is 0. The van der Waals surface area contributed by atoms with Crippen molar-refractivity contribution in [3.8, 4) is 11.1 Å². The third kappa shape index (κ3) is 7.44. The van der Waals surface area contributed by atoms with E-state index in [-0.39, 0.29) is 0 Å². The Hall–Kier alpha value is -3.38. The van der Waals surface area contributed by atoms with Crippen molar-refractivity contribution in [2.24, 2.45) is 23.2 Å². The minimum atomic E-state index is 0.500. The summed E-state index contributed by atoms with van der Waals surface area (Å²) in [5.74, 6) is 2.79. The number of rotatable bonds is 7. The number of allylic oxidation sites excluding steroid dienone is 5. The number of hydrogen-bond donors (Lipinski definition) is 0. The first-order valence-corrected chi connectivity index (χ1v) is 18.9. The standard InChI is InChI=1S/C43H48.C5H12/c1-26(2)20-39-28(4)21-37-23-36(25-41(37)43(39)34-12-10-27(3)11-13-34)35-18-19-38-29(5)22-40(42(38)24-35)33-16-14-32(15-17-33)30(6)31-8-7-9-31;1-5(2,3)4/h10-13,18-19,21-24,29,31-33H,1,6-9,14-17,20,25H2,2-5H3;1-4H3. The second-order valence-corrected chi connectivity index (χ2v) is 17.4. The Bertz CT molecular complexity index is 1740. The number of hydrogen-bond acceptors (Lipinski definition) is 0. The molecule has 1 unspecified atom stereocenters. The van der Waals surface area contributed by atoms with Crippen LogP contribution in [0.3, 0.4) is 0 Å². The molecule has 0 spiro atoms. The molecule has 0 N–H and O–H groups in total. The normalized spacial score (nSPS) is 21.7. The average Bonchev–Trinajstić information content (AvgIpc) is 3.56. The summed E-state index contributed by atoms with van der Waals surface area (Å²) in [7, 11) is 0. The van der Waals surface area contributed by atoms with Crippen molar-refractivity contribution < 1.29 is 0 Å². The molecule has 3 aromatic rings. The Morgan fingerprint density at radius 3 is 2.04 bits per heavy atom. The van der Waals surface area contributed by atoms with Gasteiger partial charge in [0.05, 0.1) is 0 Å². The van der Waals surface area contributed by atoms with E-state index in [1.54, 1.807) is 11.1 Å². The molecule has 4 aliphatic rings. The first-order valence-electron chi connectivity index (χ1n) is 18.9. The lowest BCUT2D eigenvalue weighted by Crippen LogP contribution is -2.23. The van der Waals surface area contributed by atoms with Crippen molar-refractivity contribution in [2.45, 2.75) is 119 Å². The van der Waals surface area contributed by atoms with Crippen molar-refractivity contribution in [1.29, 1.82) is 0 Å². The average molecular weight is 637 g/mol. The third-order valence-corrected chi connectivity index (χ3v) is 11.3. The monoisotopic (exact) mass is 636 g/mol. The lowest BCUT2D eigenvalue weighted by Gasteiger charge is -2.37. The fourth-order valence-corrected chi connectivity index (χ4v) is 8.56. The molecule has 4 aliphatic carbocycles. The van der Waals surface area contributed by atoms with Crippen molar-refractivity contribution in [1.82, 2.24) is 0 Å². The molecular weight excluding hydrogens is 577 g/mol. The maximum Gasteiger partial charge on any atom is 0.000174 e. The molecule has 1 atom stereocenters. The van der Waals surface area contributed by atoms with Crippen LogP contribution in [0.1, 0.15) is 137 Å². The van der Waals surface area contributed by atoms with Crippen LogP contribution in [-0.2, 0) is 12.8 Å². The van der Waals surface area contributed by atoms with Crippen LogP contribution in [0.5, 0.6) is 0 Å². The summed E-state index contributed by atoms with van der Waals surface area (Å²) < 4.78 is 0. The minimum absolute atomic E-state index is 0.500. The summed E-state index contributed by atoms with van der Waals surface area (Å²) in [6.45, 7) is 26.6. The zero-order valence-electron chi connectivity index (χ0n) is 31.4. The highest BCUT2D eigenvalue weighted by molar-refractivity contribution is 5.94. The smallest absolute Gasteiger partial charge is 0.000174 e. The van der Waals surface area contributed by atoms with Crippen LogP contribution in [0.2, 0.25) is 0 Å². The Morgan fingerprint density at radius 2 is 1.44 bits per heavy atom. The van der Waals surface area contributed by atoms with Gasteiger partial charge in [-0.05, 0) is 163 Å². The molecule has 7 rings (SSSR count). The van der Waals surface area contributed by atoms with Crippen molar-refractivity contribution >= 4 is 17.2 Å². The molecule has 0 radical (unpaired) electrons. The largest absolute Gasteiger partial charge is 0.0998 e. The summed E-state index contributed by atoms with van der Waals surface area (Å²) in [5.41, 5.74) is 20.6. The van der Waals surface area contributed by atoms with Gasteiger partial charge >= 0.3 is 0 Å². The lowest BCUT2D eigenvalue weighted by atomic mass is 9.69. The number of benzene rings is 3. The Morgan fingerprint density at radius 1 is 0.812 bits per heavy atom. The molecule has 0 nitrogen and oxygen atoms in total. The summed E-state index contributed by atoms with van der Waals surface area (Å²) in [4.78, 5) is 0. The minimum Gasteiger partial charge on any atom is -0.0998 e. The van der Waals surface area contributed by atoms with E-state index in [0.29, 0.717) is 17.3 Å². The van der Waals surface area contributed by atoms with E-state index >= 15 is 0 Å². The van der Waals surface area contributed by atoms with Gasteiger partial charge in [0.15, 0.2) is 0 Å². The zero-order valence-corrected chi connectivity index (χ0v) is 31.4. The fraction of sp³-hybridized carbons (Fsp3) is 0.458. The molecule has 252 valence electrons. The van der Waals surface area contributed by atoms with E-state index in [1.165, 1.54) is 112 Å². The van der Waals surface area contributed by atoms with E-state index in [2.05, 4.69) is 129 Å². The van der Waals surface area contributed by atoms with Gasteiger partial charge in [-0.2, -0.15) is 0 Å². The molecule has 0 aliphatic heterocycles. The highest BCUT2D eigenvalue weighted by Crippen LogP contribution is 2.49. The van der Waals surface area contributed by atoms with Crippen LogP contribution in [0.15, 0.2) is 78.9 Å². The summed E-state index contributed by atoms with van der Waals surface area (Å²) in [5, 5.41) is 0. The van der Waals surface area contributed by atoms with Crippen molar-refractivity contribution in [3.05, 3.63) is 123 Å². The van der Waals surface area contributed by atoms with Crippen LogP contribution in [-0.4, -0.2) is 0 Å². The molecule has 0 heteroatoms. The van der Waals surface area contributed by atoms with Gasteiger partial charge in [-0.1, -0.05) is 126 Å². The quantitative estimate of drug-likeness (QED) is 0.226. The molecule has 0 aromatic heterocycles. The van der Waals surface area contributed by atoms with Gasteiger partial charge in [-0.15, -0.1) is 0 Å². The second-order valence-electron chi connectivity index (χ2n) is 17.4. The van der Waals surface area contributed by atoms with Gasteiger partial charge in [0.1, 0.15) is 0 Å². The lowest BCUT2D eigenvalue weighted by molar-refractivity contribution is 0.284. The van der Waals surface area contributed by atoms with Gasteiger partial charge in [0.2, 0.25) is 0 Å². The van der Waals surface area contributed by atoms with Gasteiger partial charge in [0, 0.05) is 5.92 Å². The molecule has 0 saturated heterocycles. The van der Waals surface area contributed by atoms with E-state index < -0.39 is 0 Å². The Balaban J connectivity index is 0.000000749. The summed E-state index contributed by atoms with van der Waals surface area (Å²) in [6.07, 6.45) is 16.5. The van der Waals surface area contributed by atoms with Gasteiger partial charge in [-0.25, -0.2) is 0 Å². The third-order valence-electron chi connectivity index (χ3n) is 11.3. The fourth-order valence-electron chi connectivity index (χ4n) is 8.56. The van der Waals surface area contributed by atoms with E-state index in [9.17, 15) is 0 Å². The topological polar surface area (TPSA) is 0 Å². The predicted molar refractivity (Wildman–Crippen MR) is 211 cm³/mol. The molecule has 2 saturated carbocycles. The maximum absolute atomic E-state index is 4.57. The van der Waals surface area contributed by atoms with E-state index in [0.717, 1.165) is 24.7 Å². The maximum atomic E-state index is 4.57. The predicted octanol–water partition coefficient (Wildman–Crippen LogP) is 13.9. The zero-order chi connectivity index (χ0) is 34.3. The number of fused-ring (bicyclic) bond motifs is 2. The molecular formula is C48H60. The van der Waals surface area contributed by atoms with Gasteiger partial charge < -0.3 is 0 Å².